The largest absolute Gasteiger partial charge is 0.379 e. The second-order valence-electron chi connectivity index (χ2n) is 4.24. The maximum Gasteiger partial charge on any atom is 0.0611 e. The van der Waals surface area contributed by atoms with Gasteiger partial charge in [-0.25, -0.2) is 0 Å². The van der Waals surface area contributed by atoms with E-state index in [1.807, 2.05) is 11.8 Å². The van der Waals surface area contributed by atoms with Crippen LogP contribution in [-0.4, -0.2) is 25.0 Å². The molecule has 1 N–H and O–H groups in total. The molecule has 1 atom stereocenters. The van der Waals surface area contributed by atoms with Gasteiger partial charge in [0, 0.05) is 15.4 Å². The van der Waals surface area contributed by atoms with Crippen LogP contribution < -0.4 is 5.32 Å². The van der Waals surface area contributed by atoms with Crippen molar-refractivity contribution in [3.63, 3.8) is 0 Å². The number of nitrogens with one attached hydrogen (secondary N) is 1. The molecule has 17 heavy (non-hydrogen) atoms. The molecule has 1 aliphatic rings. The van der Waals surface area contributed by atoms with Crippen molar-refractivity contribution < 1.29 is 4.74 Å². The number of ether oxygens (including phenoxy) is 1. The van der Waals surface area contributed by atoms with Crippen LogP contribution in [0.1, 0.15) is 25.5 Å². The minimum absolute atomic E-state index is 0.400. The normalized spacial score (nSPS) is 17.8. The Bertz CT molecular complexity index is 382. The number of rotatable bonds is 5. The lowest BCUT2D eigenvalue weighted by Gasteiger charge is -2.27. The Morgan fingerprint density at radius 1 is 1.53 bits per heavy atom. The molecular weight excluding hydrogens is 298 g/mol. The number of benzene rings is 1. The monoisotopic (exact) mass is 315 g/mol. The summed E-state index contributed by atoms with van der Waals surface area (Å²) in [5.41, 5.74) is 1.38. The van der Waals surface area contributed by atoms with Crippen LogP contribution in [-0.2, 0) is 4.74 Å². The summed E-state index contributed by atoms with van der Waals surface area (Å²) in [5, 5.41) is 4.09. The van der Waals surface area contributed by atoms with E-state index in [0.717, 1.165) is 24.2 Å². The lowest BCUT2D eigenvalue weighted by molar-refractivity contribution is 0.0455. The van der Waals surface area contributed by atoms with Gasteiger partial charge >= 0.3 is 0 Å². The summed E-state index contributed by atoms with van der Waals surface area (Å²) in [6.45, 7) is 7.11. The van der Waals surface area contributed by atoms with Crippen LogP contribution >= 0.6 is 27.7 Å². The first kappa shape index (κ1) is 13.4. The van der Waals surface area contributed by atoms with Crippen molar-refractivity contribution in [3.05, 3.63) is 28.2 Å². The molecule has 1 fully saturated rings. The Labute approximate surface area is 116 Å². The minimum Gasteiger partial charge on any atom is -0.379 e. The number of halogens is 1. The molecule has 1 aliphatic heterocycles. The zero-order valence-electron chi connectivity index (χ0n) is 10.2. The summed E-state index contributed by atoms with van der Waals surface area (Å²) in [4.78, 5) is 1.36. The van der Waals surface area contributed by atoms with Crippen molar-refractivity contribution in [2.75, 3.05) is 19.8 Å². The van der Waals surface area contributed by atoms with Gasteiger partial charge in [-0.05, 0) is 31.2 Å². The first-order chi connectivity index (χ1) is 8.20. The van der Waals surface area contributed by atoms with Crippen molar-refractivity contribution in [2.24, 2.45) is 0 Å². The SMILES string of the molecule is CCNC(C)c1ccc(Br)cc1SC1COC1. The van der Waals surface area contributed by atoms with Gasteiger partial charge < -0.3 is 10.1 Å². The molecular formula is C13H18BrNOS. The Morgan fingerprint density at radius 2 is 2.29 bits per heavy atom. The van der Waals surface area contributed by atoms with E-state index in [1.165, 1.54) is 10.5 Å². The van der Waals surface area contributed by atoms with Gasteiger partial charge in [0.1, 0.15) is 0 Å². The smallest absolute Gasteiger partial charge is 0.0611 e. The number of thioether (sulfide) groups is 1. The predicted octanol–water partition coefficient (Wildman–Crippen LogP) is 3.61. The van der Waals surface area contributed by atoms with Crippen LogP contribution in [0, 0.1) is 0 Å². The summed E-state index contributed by atoms with van der Waals surface area (Å²) in [6, 6.07) is 6.94. The molecule has 1 saturated heterocycles. The second-order valence-corrected chi connectivity index (χ2v) is 6.50. The van der Waals surface area contributed by atoms with E-state index in [0.29, 0.717) is 11.3 Å². The third-order valence-corrected chi connectivity index (χ3v) is 4.56. The van der Waals surface area contributed by atoms with E-state index >= 15 is 0 Å². The average molecular weight is 316 g/mol. The first-order valence-corrected chi connectivity index (χ1v) is 7.65. The quantitative estimate of drug-likeness (QED) is 0.897. The summed E-state index contributed by atoms with van der Waals surface area (Å²) >= 11 is 5.48. The van der Waals surface area contributed by atoms with E-state index in [1.54, 1.807) is 0 Å². The van der Waals surface area contributed by atoms with E-state index in [-0.39, 0.29) is 0 Å². The van der Waals surface area contributed by atoms with Gasteiger partial charge in [0.15, 0.2) is 0 Å². The molecule has 0 amide bonds. The van der Waals surface area contributed by atoms with Crippen LogP contribution in [0.15, 0.2) is 27.6 Å². The molecule has 1 aromatic rings. The van der Waals surface area contributed by atoms with Gasteiger partial charge in [-0.1, -0.05) is 28.9 Å². The van der Waals surface area contributed by atoms with Crippen LogP contribution in [0.5, 0.6) is 0 Å². The average Bonchev–Trinajstić information content (AvgIpc) is 2.24. The van der Waals surface area contributed by atoms with E-state index < -0.39 is 0 Å². The third kappa shape index (κ3) is 3.47. The van der Waals surface area contributed by atoms with Gasteiger partial charge in [0.05, 0.1) is 18.5 Å². The lowest BCUT2D eigenvalue weighted by atomic mass is 10.1. The molecule has 0 saturated carbocycles. The zero-order chi connectivity index (χ0) is 12.3. The highest BCUT2D eigenvalue weighted by Gasteiger charge is 2.22. The lowest BCUT2D eigenvalue weighted by Crippen LogP contribution is -2.30. The highest BCUT2D eigenvalue weighted by molar-refractivity contribution is 9.10. The van der Waals surface area contributed by atoms with Gasteiger partial charge in [-0.3, -0.25) is 0 Å². The molecule has 1 aromatic carbocycles. The summed E-state index contributed by atoms with van der Waals surface area (Å²) in [6.07, 6.45) is 0. The van der Waals surface area contributed by atoms with Crippen molar-refractivity contribution in [1.82, 2.24) is 5.32 Å². The summed E-state index contributed by atoms with van der Waals surface area (Å²) < 4.78 is 6.38. The van der Waals surface area contributed by atoms with Gasteiger partial charge in [0.2, 0.25) is 0 Å². The van der Waals surface area contributed by atoms with Crippen LogP contribution in [0.3, 0.4) is 0 Å². The van der Waals surface area contributed by atoms with Crippen molar-refractivity contribution in [3.8, 4) is 0 Å². The summed E-state index contributed by atoms with van der Waals surface area (Å²) in [7, 11) is 0. The minimum atomic E-state index is 0.400. The Morgan fingerprint density at radius 3 is 2.88 bits per heavy atom. The van der Waals surface area contributed by atoms with Crippen molar-refractivity contribution in [2.45, 2.75) is 30.0 Å². The van der Waals surface area contributed by atoms with Crippen LogP contribution in [0.4, 0.5) is 0 Å². The number of hydrogen-bond donors (Lipinski definition) is 1. The molecule has 2 rings (SSSR count). The van der Waals surface area contributed by atoms with Gasteiger partial charge in [0.25, 0.3) is 0 Å². The number of hydrogen-bond acceptors (Lipinski definition) is 3. The molecule has 2 nitrogen and oxygen atoms in total. The zero-order valence-corrected chi connectivity index (χ0v) is 12.6. The molecule has 0 bridgehead atoms. The fourth-order valence-electron chi connectivity index (χ4n) is 1.85. The Kier molecular flexibility index (Phi) is 4.91. The summed E-state index contributed by atoms with van der Waals surface area (Å²) in [5.74, 6) is 0. The van der Waals surface area contributed by atoms with Crippen LogP contribution in [0.25, 0.3) is 0 Å². The van der Waals surface area contributed by atoms with E-state index in [4.69, 9.17) is 4.74 Å². The maximum absolute atomic E-state index is 5.24. The van der Waals surface area contributed by atoms with E-state index in [2.05, 4.69) is 53.3 Å². The van der Waals surface area contributed by atoms with Gasteiger partial charge in [-0.2, -0.15) is 0 Å². The standard InChI is InChI=1S/C13H18BrNOS/c1-3-15-9(2)12-5-4-10(14)6-13(12)17-11-7-16-8-11/h4-6,9,11,15H,3,7-8H2,1-2H3. The topological polar surface area (TPSA) is 21.3 Å². The van der Waals surface area contributed by atoms with E-state index in [9.17, 15) is 0 Å². The van der Waals surface area contributed by atoms with Crippen molar-refractivity contribution in [1.29, 1.82) is 0 Å². The van der Waals surface area contributed by atoms with Crippen molar-refractivity contribution >= 4 is 27.7 Å². The highest BCUT2D eigenvalue weighted by atomic mass is 79.9. The Hall–Kier alpha value is -0.0300. The molecule has 0 aromatic heterocycles. The molecule has 94 valence electrons. The fraction of sp³-hybridized carbons (Fsp3) is 0.538. The highest BCUT2D eigenvalue weighted by Crippen LogP contribution is 2.35. The predicted molar refractivity (Wildman–Crippen MR) is 76.7 cm³/mol. The molecule has 0 radical (unpaired) electrons. The first-order valence-electron chi connectivity index (χ1n) is 5.98. The van der Waals surface area contributed by atoms with Gasteiger partial charge in [-0.15, -0.1) is 11.8 Å². The van der Waals surface area contributed by atoms with Crippen LogP contribution in [0.2, 0.25) is 0 Å². The molecule has 1 unspecified atom stereocenters. The second kappa shape index (κ2) is 6.23. The molecule has 0 spiro atoms. The third-order valence-electron chi connectivity index (χ3n) is 2.85. The maximum atomic E-state index is 5.24. The molecule has 4 heteroatoms. The molecule has 0 aliphatic carbocycles. The fourth-order valence-corrected chi connectivity index (χ4v) is 3.62. The Balaban J connectivity index is 2.16. The molecule has 1 heterocycles.